The lowest BCUT2D eigenvalue weighted by molar-refractivity contribution is 0.626. The zero-order valence-corrected chi connectivity index (χ0v) is 11.6. The second kappa shape index (κ2) is 5.18. The van der Waals surface area contributed by atoms with E-state index in [-0.39, 0.29) is 11.8 Å². The van der Waals surface area contributed by atoms with Gasteiger partial charge in [0.15, 0.2) is 0 Å². The summed E-state index contributed by atoms with van der Waals surface area (Å²) in [4.78, 5) is 15.7. The number of rotatable bonds is 2. The third-order valence-electron chi connectivity index (χ3n) is 3.23. The SMILES string of the molecule is Nc1nc(=O)c2ccc(Cl)cc2n1Cc1ccc(F)cc1. The number of halogens is 2. The molecule has 2 N–H and O–H groups in total. The highest BCUT2D eigenvalue weighted by molar-refractivity contribution is 6.31. The maximum atomic E-state index is 13.0. The van der Waals surface area contributed by atoms with Crippen molar-refractivity contribution in [2.45, 2.75) is 6.54 Å². The molecule has 0 fully saturated rings. The fraction of sp³-hybridized carbons (Fsp3) is 0.0667. The van der Waals surface area contributed by atoms with Crippen LogP contribution in [0.2, 0.25) is 5.02 Å². The van der Waals surface area contributed by atoms with E-state index >= 15 is 0 Å². The van der Waals surface area contributed by atoms with Gasteiger partial charge in [-0.25, -0.2) is 4.39 Å². The maximum absolute atomic E-state index is 13.0. The zero-order valence-electron chi connectivity index (χ0n) is 10.9. The Morgan fingerprint density at radius 2 is 1.90 bits per heavy atom. The topological polar surface area (TPSA) is 60.9 Å². The molecule has 0 aliphatic carbocycles. The molecule has 0 saturated heterocycles. The Hall–Kier alpha value is -2.40. The standard InChI is InChI=1S/C15H11ClFN3O/c16-10-3-6-12-13(7-10)20(15(18)19-14(12)21)8-9-1-4-11(17)5-2-9/h1-7H,8H2,(H2,18,19,21). The second-order valence-electron chi connectivity index (χ2n) is 4.65. The summed E-state index contributed by atoms with van der Waals surface area (Å²) < 4.78 is 14.6. The van der Waals surface area contributed by atoms with Gasteiger partial charge in [0.2, 0.25) is 5.95 Å². The smallest absolute Gasteiger partial charge is 0.282 e. The van der Waals surface area contributed by atoms with Gasteiger partial charge in [-0.15, -0.1) is 0 Å². The highest BCUT2D eigenvalue weighted by atomic mass is 35.5. The lowest BCUT2D eigenvalue weighted by Crippen LogP contribution is -2.18. The van der Waals surface area contributed by atoms with Crippen LogP contribution < -0.4 is 11.3 Å². The van der Waals surface area contributed by atoms with Crippen molar-refractivity contribution in [2.75, 3.05) is 5.73 Å². The number of hydrogen-bond acceptors (Lipinski definition) is 3. The van der Waals surface area contributed by atoms with E-state index in [1.54, 1.807) is 34.9 Å². The van der Waals surface area contributed by atoms with Crippen LogP contribution in [0, 0.1) is 5.82 Å². The lowest BCUT2D eigenvalue weighted by atomic mass is 10.2. The second-order valence-corrected chi connectivity index (χ2v) is 5.09. The van der Waals surface area contributed by atoms with Crippen LogP contribution in [0.15, 0.2) is 47.3 Å². The maximum Gasteiger partial charge on any atom is 0.282 e. The molecule has 21 heavy (non-hydrogen) atoms. The summed E-state index contributed by atoms with van der Waals surface area (Å²) in [6, 6.07) is 11.0. The first-order valence-corrected chi connectivity index (χ1v) is 6.62. The molecule has 0 aliphatic heterocycles. The number of benzene rings is 2. The summed E-state index contributed by atoms with van der Waals surface area (Å²) in [5.41, 5.74) is 6.90. The monoisotopic (exact) mass is 303 g/mol. The number of aromatic nitrogens is 2. The molecule has 4 nitrogen and oxygen atoms in total. The van der Waals surface area contributed by atoms with Gasteiger partial charge in [0.1, 0.15) is 5.82 Å². The van der Waals surface area contributed by atoms with Gasteiger partial charge in [0, 0.05) is 5.02 Å². The van der Waals surface area contributed by atoms with E-state index in [0.29, 0.717) is 22.5 Å². The van der Waals surface area contributed by atoms with E-state index in [2.05, 4.69) is 4.98 Å². The molecule has 0 saturated carbocycles. The Balaban J connectivity index is 2.19. The van der Waals surface area contributed by atoms with Crippen molar-refractivity contribution in [3.8, 4) is 0 Å². The average molecular weight is 304 g/mol. The van der Waals surface area contributed by atoms with Crippen LogP contribution in [0.1, 0.15) is 5.56 Å². The number of nitrogens with two attached hydrogens (primary N) is 1. The van der Waals surface area contributed by atoms with Gasteiger partial charge in [-0.1, -0.05) is 23.7 Å². The highest BCUT2D eigenvalue weighted by Crippen LogP contribution is 2.19. The van der Waals surface area contributed by atoms with Crippen LogP contribution in [-0.2, 0) is 6.54 Å². The van der Waals surface area contributed by atoms with Gasteiger partial charge in [0.05, 0.1) is 17.4 Å². The Morgan fingerprint density at radius 3 is 2.62 bits per heavy atom. The number of nitrogen functional groups attached to an aromatic ring is 1. The molecule has 1 heterocycles. The minimum atomic E-state index is -0.394. The summed E-state index contributed by atoms with van der Waals surface area (Å²) in [5, 5.41) is 0.941. The predicted octanol–water partition coefficient (Wildman–Crippen LogP) is 2.82. The van der Waals surface area contributed by atoms with E-state index in [1.165, 1.54) is 12.1 Å². The lowest BCUT2D eigenvalue weighted by Gasteiger charge is -2.13. The van der Waals surface area contributed by atoms with Gasteiger partial charge in [-0.3, -0.25) is 4.79 Å². The predicted molar refractivity (Wildman–Crippen MR) is 80.9 cm³/mol. The fourth-order valence-corrected chi connectivity index (χ4v) is 2.36. The van der Waals surface area contributed by atoms with Crippen LogP contribution in [-0.4, -0.2) is 9.55 Å². The molecule has 1 aromatic heterocycles. The summed E-state index contributed by atoms with van der Waals surface area (Å²) in [7, 11) is 0. The van der Waals surface area contributed by atoms with Crippen LogP contribution in [0.5, 0.6) is 0 Å². The van der Waals surface area contributed by atoms with Crippen molar-refractivity contribution < 1.29 is 4.39 Å². The van der Waals surface area contributed by atoms with Gasteiger partial charge in [-0.05, 0) is 35.9 Å². The molecular weight excluding hydrogens is 293 g/mol. The molecule has 3 aromatic rings. The van der Waals surface area contributed by atoms with Crippen LogP contribution in [0.4, 0.5) is 10.3 Å². The Bertz CT molecular complexity index is 874. The van der Waals surface area contributed by atoms with E-state index < -0.39 is 5.56 Å². The van der Waals surface area contributed by atoms with Crippen molar-refractivity contribution in [3.63, 3.8) is 0 Å². The van der Waals surface area contributed by atoms with Gasteiger partial charge in [0.25, 0.3) is 5.56 Å². The molecule has 0 spiro atoms. The van der Waals surface area contributed by atoms with Gasteiger partial charge < -0.3 is 10.3 Å². The molecular formula is C15H11ClFN3O. The third-order valence-corrected chi connectivity index (χ3v) is 3.46. The van der Waals surface area contributed by atoms with Crippen LogP contribution in [0.25, 0.3) is 10.9 Å². The molecule has 0 bridgehead atoms. The number of anilines is 1. The van der Waals surface area contributed by atoms with Crippen molar-refractivity contribution in [1.82, 2.24) is 9.55 Å². The van der Waals surface area contributed by atoms with E-state index in [4.69, 9.17) is 17.3 Å². The fourth-order valence-electron chi connectivity index (χ4n) is 2.20. The number of hydrogen-bond donors (Lipinski definition) is 1. The van der Waals surface area contributed by atoms with Crippen molar-refractivity contribution in [3.05, 3.63) is 69.2 Å². The summed E-state index contributed by atoms with van der Waals surface area (Å²) >= 11 is 5.99. The first-order valence-electron chi connectivity index (χ1n) is 6.24. The first-order chi connectivity index (χ1) is 10.0. The zero-order chi connectivity index (χ0) is 15.0. The molecule has 2 aromatic carbocycles. The van der Waals surface area contributed by atoms with Gasteiger partial charge >= 0.3 is 0 Å². The molecule has 0 unspecified atom stereocenters. The summed E-state index contributed by atoms with van der Waals surface area (Å²) in [6.45, 7) is 0.371. The van der Waals surface area contributed by atoms with Crippen molar-refractivity contribution >= 4 is 28.5 Å². The van der Waals surface area contributed by atoms with Gasteiger partial charge in [-0.2, -0.15) is 4.98 Å². The number of nitrogens with zero attached hydrogens (tertiary/aromatic N) is 2. The van der Waals surface area contributed by atoms with E-state index in [1.807, 2.05) is 0 Å². The van der Waals surface area contributed by atoms with E-state index in [0.717, 1.165) is 5.56 Å². The molecule has 0 aliphatic rings. The Labute approximate surface area is 124 Å². The quantitative estimate of drug-likeness (QED) is 0.792. The summed E-state index contributed by atoms with van der Waals surface area (Å²) in [6.07, 6.45) is 0. The van der Waals surface area contributed by atoms with Crippen LogP contribution >= 0.6 is 11.6 Å². The Kier molecular flexibility index (Phi) is 3.35. The number of fused-ring (bicyclic) bond motifs is 1. The third kappa shape index (κ3) is 2.60. The van der Waals surface area contributed by atoms with Crippen molar-refractivity contribution in [1.29, 1.82) is 0 Å². The molecule has 0 radical (unpaired) electrons. The normalized spacial score (nSPS) is 11.0. The minimum Gasteiger partial charge on any atom is -0.369 e. The Morgan fingerprint density at radius 1 is 1.19 bits per heavy atom. The van der Waals surface area contributed by atoms with Crippen LogP contribution in [0.3, 0.4) is 0 Å². The molecule has 3 rings (SSSR count). The average Bonchev–Trinajstić information content (AvgIpc) is 2.45. The minimum absolute atomic E-state index is 0.0964. The largest absolute Gasteiger partial charge is 0.369 e. The first kappa shape index (κ1) is 13.6. The molecule has 0 atom stereocenters. The summed E-state index contributed by atoms with van der Waals surface area (Å²) in [5.74, 6) is -0.211. The highest BCUT2D eigenvalue weighted by Gasteiger charge is 2.09. The molecule has 106 valence electrons. The van der Waals surface area contributed by atoms with E-state index in [9.17, 15) is 9.18 Å². The van der Waals surface area contributed by atoms with Crippen molar-refractivity contribution in [2.24, 2.45) is 0 Å². The molecule has 0 amide bonds. The molecule has 6 heteroatoms.